The smallest absolute Gasteiger partial charge is 0.211 e. The molecule has 1 aromatic carbocycles. The highest BCUT2D eigenvalue weighted by molar-refractivity contribution is 7.88. The number of hydrogen-bond acceptors (Lipinski definition) is 6. The summed E-state index contributed by atoms with van der Waals surface area (Å²) in [5.74, 6) is -0.345. The Kier molecular flexibility index (Phi) is 4.62. The number of methoxy groups -OCH3 is 2. The predicted molar refractivity (Wildman–Crippen MR) is 77.2 cm³/mol. The van der Waals surface area contributed by atoms with Gasteiger partial charge in [0.05, 0.1) is 26.5 Å². The SMILES string of the molecule is COc1cc2c(cc1OC)[C@H](CC(=O)[O-])N(S(C)(=O)=O)CC2. The molecule has 0 spiro atoms. The van der Waals surface area contributed by atoms with Crippen LogP contribution in [0.5, 0.6) is 11.5 Å². The minimum absolute atomic E-state index is 0.221. The van der Waals surface area contributed by atoms with Crippen LogP contribution in [0.2, 0.25) is 0 Å². The van der Waals surface area contributed by atoms with Gasteiger partial charge in [-0.05, 0) is 29.7 Å². The molecule has 0 radical (unpaired) electrons. The van der Waals surface area contributed by atoms with Crippen molar-refractivity contribution in [3.05, 3.63) is 23.3 Å². The maximum absolute atomic E-state index is 11.9. The van der Waals surface area contributed by atoms with Crippen LogP contribution in [0.25, 0.3) is 0 Å². The van der Waals surface area contributed by atoms with E-state index in [-0.39, 0.29) is 6.54 Å². The maximum atomic E-state index is 11.9. The molecule has 22 heavy (non-hydrogen) atoms. The highest BCUT2D eigenvalue weighted by Crippen LogP contribution is 2.40. The van der Waals surface area contributed by atoms with Gasteiger partial charge in [0.1, 0.15) is 0 Å². The van der Waals surface area contributed by atoms with Crippen molar-refractivity contribution in [2.75, 3.05) is 27.0 Å². The van der Waals surface area contributed by atoms with Crippen molar-refractivity contribution >= 4 is 16.0 Å². The van der Waals surface area contributed by atoms with E-state index < -0.39 is 28.5 Å². The van der Waals surface area contributed by atoms with Crippen LogP contribution in [0.4, 0.5) is 0 Å². The molecule has 0 saturated carbocycles. The van der Waals surface area contributed by atoms with Crippen LogP contribution in [0, 0.1) is 0 Å². The van der Waals surface area contributed by atoms with Gasteiger partial charge in [-0.15, -0.1) is 0 Å². The molecule has 0 aromatic heterocycles. The molecule has 8 heteroatoms. The molecular weight excluding hydrogens is 310 g/mol. The zero-order valence-corrected chi connectivity index (χ0v) is 13.5. The van der Waals surface area contributed by atoms with Crippen LogP contribution in [0.3, 0.4) is 0 Å². The highest BCUT2D eigenvalue weighted by Gasteiger charge is 2.34. The quantitative estimate of drug-likeness (QED) is 0.736. The first kappa shape index (κ1) is 16.6. The third-order valence-electron chi connectivity index (χ3n) is 3.74. The van der Waals surface area contributed by atoms with E-state index >= 15 is 0 Å². The number of benzene rings is 1. The van der Waals surface area contributed by atoms with E-state index in [2.05, 4.69) is 0 Å². The monoisotopic (exact) mass is 328 g/mol. The van der Waals surface area contributed by atoms with Gasteiger partial charge in [-0.2, -0.15) is 4.31 Å². The normalized spacial score (nSPS) is 18.6. The Morgan fingerprint density at radius 3 is 2.41 bits per heavy atom. The van der Waals surface area contributed by atoms with Gasteiger partial charge in [-0.25, -0.2) is 8.42 Å². The lowest BCUT2D eigenvalue weighted by atomic mass is 9.92. The van der Waals surface area contributed by atoms with Gasteiger partial charge in [-0.3, -0.25) is 0 Å². The lowest BCUT2D eigenvalue weighted by Gasteiger charge is -2.36. The molecular formula is C14H18NO6S-. The number of carbonyl (C=O) groups is 1. The number of carboxylic acids is 1. The number of carboxylic acid groups (broad SMARTS) is 1. The Hall–Kier alpha value is -1.80. The minimum Gasteiger partial charge on any atom is -0.550 e. The number of fused-ring (bicyclic) bond motifs is 1. The summed E-state index contributed by atoms with van der Waals surface area (Å²) in [6.45, 7) is 0.221. The summed E-state index contributed by atoms with van der Waals surface area (Å²) in [5.41, 5.74) is 1.46. The molecule has 1 atom stereocenters. The summed E-state index contributed by atoms with van der Waals surface area (Å²) in [6, 6.07) is 2.60. The Morgan fingerprint density at radius 1 is 1.32 bits per heavy atom. The summed E-state index contributed by atoms with van der Waals surface area (Å²) in [6.07, 6.45) is 1.14. The average molecular weight is 328 g/mol. The van der Waals surface area contributed by atoms with E-state index in [1.165, 1.54) is 18.5 Å². The predicted octanol–water partition coefficient (Wildman–Crippen LogP) is -0.297. The second-order valence-corrected chi connectivity index (χ2v) is 7.06. The van der Waals surface area contributed by atoms with Crippen molar-refractivity contribution in [3.8, 4) is 11.5 Å². The van der Waals surface area contributed by atoms with Crippen molar-refractivity contribution in [1.29, 1.82) is 0 Å². The summed E-state index contributed by atoms with van der Waals surface area (Å²) in [5, 5.41) is 11.0. The van der Waals surface area contributed by atoms with E-state index in [0.717, 1.165) is 11.8 Å². The highest BCUT2D eigenvalue weighted by atomic mass is 32.2. The van der Waals surface area contributed by atoms with E-state index in [1.807, 2.05) is 0 Å². The summed E-state index contributed by atoms with van der Waals surface area (Å²) in [4.78, 5) is 11.0. The Labute approximate surface area is 129 Å². The zero-order chi connectivity index (χ0) is 16.5. The van der Waals surface area contributed by atoms with Gasteiger partial charge >= 0.3 is 0 Å². The van der Waals surface area contributed by atoms with Crippen LogP contribution in [0.15, 0.2) is 12.1 Å². The van der Waals surface area contributed by atoms with Crippen molar-refractivity contribution in [2.24, 2.45) is 0 Å². The zero-order valence-electron chi connectivity index (χ0n) is 12.7. The first-order valence-electron chi connectivity index (χ1n) is 6.69. The van der Waals surface area contributed by atoms with Gasteiger partial charge in [0.25, 0.3) is 0 Å². The number of carbonyl (C=O) groups excluding carboxylic acids is 1. The van der Waals surface area contributed by atoms with Crippen molar-refractivity contribution in [3.63, 3.8) is 0 Å². The number of sulfonamides is 1. The lowest BCUT2D eigenvalue weighted by molar-refractivity contribution is -0.306. The van der Waals surface area contributed by atoms with Crippen LogP contribution in [-0.4, -0.2) is 45.7 Å². The molecule has 0 saturated heterocycles. The van der Waals surface area contributed by atoms with Crippen molar-refractivity contribution in [2.45, 2.75) is 18.9 Å². The molecule has 0 amide bonds. The number of hydrogen-bond donors (Lipinski definition) is 0. The fourth-order valence-electron chi connectivity index (χ4n) is 2.77. The van der Waals surface area contributed by atoms with Gasteiger partial charge in [0.2, 0.25) is 10.0 Å². The van der Waals surface area contributed by atoms with Gasteiger partial charge in [0, 0.05) is 18.9 Å². The number of nitrogens with zero attached hydrogens (tertiary/aromatic N) is 1. The summed E-state index contributed by atoms with van der Waals surface area (Å²) >= 11 is 0. The number of aliphatic carboxylic acids is 1. The average Bonchev–Trinajstić information content (AvgIpc) is 2.44. The topological polar surface area (TPSA) is 96.0 Å². The Morgan fingerprint density at radius 2 is 1.91 bits per heavy atom. The number of ether oxygens (including phenoxy) is 2. The molecule has 1 aliphatic rings. The Balaban J connectivity index is 2.57. The van der Waals surface area contributed by atoms with Crippen molar-refractivity contribution < 1.29 is 27.8 Å². The molecule has 0 N–H and O–H groups in total. The lowest BCUT2D eigenvalue weighted by Crippen LogP contribution is -2.42. The van der Waals surface area contributed by atoms with E-state index in [0.29, 0.717) is 23.5 Å². The van der Waals surface area contributed by atoms with Gasteiger partial charge < -0.3 is 19.4 Å². The third-order valence-corrected chi connectivity index (χ3v) is 5.03. The standard InChI is InChI=1S/C14H19NO6S/c1-20-12-6-9-4-5-15(22(3,18)19)11(8-14(16)17)10(9)7-13(12)21-2/h6-7,11H,4-5,8H2,1-3H3,(H,16,17)/p-1/t11-/m0/s1. The molecule has 122 valence electrons. The molecule has 7 nitrogen and oxygen atoms in total. The molecule has 2 rings (SSSR count). The first-order chi connectivity index (χ1) is 10.3. The van der Waals surface area contributed by atoms with Crippen molar-refractivity contribution in [1.82, 2.24) is 4.31 Å². The molecule has 0 aliphatic carbocycles. The molecule has 0 unspecified atom stereocenters. The molecule has 0 fully saturated rings. The van der Waals surface area contributed by atoms with E-state index in [9.17, 15) is 18.3 Å². The second-order valence-electron chi connectivity index (χ2n) is 5.12. The summed E-state index contributed by atoms with van der Waals surface area (Å²) < 4.78 is 35.5. The van der Waals surface area contributed by atoms with Crippen LogP contribution < -0.4 is 14.6 Å². The number of rotatable bonds is 5. The first-order valence-corrected chi connectivity index (χ1v) is 8.54. The second kappa shape index (κ2) is 6.13. The fourth-order valence-corrected chi connectivity index (χ4v) is 3.85. The van der Waals surface area contributed by atoms with Crippen LogP contribution >= 0.6 is 0 Å². The van der Waals surface area contributed by atoms with Gasteiger partial charge in [-0.1, -0.05) is 0 Å². The van der Waals surface area contributed by atoms with E-state index in [4.69, 9.17) is 9.47 Å². The molecule has 0 bridgehead atoms. The largest absolute Gasteiger partial charge is 0.550 e. The van der Waals surface area contributed by atoms with E-state index in [1.54, 1.807) is 12.1 Å². The van der Waals surface area contributed by atoms with Crippen LogP contribution in [-0.2, 0) is 21.2 Å². The molecule has 1 heterocycles. The summed E-state index contributed by atoms with van der Waals surface area (Å²) in [7, 11) is -0.553. The van der Waals surface area contributed by atoms with Crippen LogP contribution in [0.1, 0.15) is 23.6 Å². The van der Waals surface area contributed by atoms with Gasteiger partial charge in [0.15, 0.2) is 11.5 Å². The molecule has 1 aromatic rings. The third kappa shape index (κ3) is 3.17. The Bertz CT molecular complexity index is 685. The molecule has 1 aliphatic heterocycles. The maximum Gasteiger partial charge on any atom is 0.211 e. The minimum atomic E-state index is -3.53. The fraction of sp³-hybridized carbons (Fsp3) is 0.500.